The summed E-state index contributed by atoms with van der Waals surface area (Å²) in [4.78, 5) is 4.04. The molecule has 1 unspecified atom stereocenters. The number of hydrogen-bond acceptors (Lipinski definition) is 3. The summed E-state index contributed by atoms with van der Waals surface area (Å²) in [6, 6.07) is 6.24. The van der Waals surface area contributed by atoms with E-state index in [1.165, 1.54) is 0 Å². The first-order valence-electron chi connectivity index (χ1n) is 6.73. The fourth-order valence-electron chi connectivity index (χ4n) is 2.01. The molecule has 110 valence electrons. The predicted molar refractivity (Wildman–Crippen MR) is 87.0 cm³/mol. The fourth-order valence-corrected chi connectivity index (χ4v) is 2.41. The largest absolute Gasteiger partial charge is 0.481 e. The highest BCUT2D eigenvalue weighted by Crippen LogP contribution is 2.23. The summed E-state index contributed by atoms with van der Waals surface area (Å²) in [5.41, 5.74) is 1.08. The Hall–Kier alpha value is -1.77. The molecule has 1 aromatic heterocycles. The Kier molecular flexibility index (Phi) is 5.85. The number of terminal acetylenes is 1. The van der Waals surface area contributed by atoms with Crippen molar-refractivity contribution in [1.29, 1.82) is 0 Å². The number of nitrogens with one attached hydrogen (secondary N) is 1. The summed E-state index contributed by atoms with van der Waals surface area (Å²) in [5, 5.41) is 3.48. The van der Waals surface area contributed by atoms with Gasteiger partial charge in [-0.05, 0) is 25.1 Å². The van der Waals surface area contributed by atoms with Gasteiger partial charge in [0.2, 0.25) is 0 Å². The lowest BCUT2D eigenvalue weighted by Crippen LogP contribution is -2.29. The van der Waals surface area contributed by atoms with Crippen LogP contribution in [0.5, 0.6) is 5.75 Å². The van der Waals surface area contributed by atoms with Gasteiger partial charge in [0, 0.05) is 41.6 Å². The summed E-state index contributed by atoms with van der Waals surface area (Å²) in [5.74, 6) is 3.31. The van der Waals surface area contributed by atoms with Gasteiger partial charge < -0.3 is 14.6 Å². The van der Waals surface area contributed by atoms with Gasteiger partial charge >= 0.3 is 0 Å². The van der Waals surface area contributed by atoms with Crippen LogP contribution >= 0.6 is 15.9 Å². The molecule has 0 amide bonds. The first-order chi connectivity index (χ1) is 10.2. The molecule has 1 atom stereocenters. The summed E-state index contributed by atoms with van der Waals surface area (Å²) < 4.78 is 8.64. The van der Waals surface area contributed by atoms with Crippen molar-refractivity contribution >= 4 is 15.9 Å². The van der Waals surface area contributed by atoms with E-state index in [1.54, 1.807) is 6.20 Å². The number of benzene rings is 1. The van der Waals surface area contributed by atoms with Crippen molar-refractivity contribution in [2.45, 2.75) is 26.1 Å². The molecule has 0 fully saturated rings. The zero-order valence-electron chi connectivity index (χ0n) is 11.9. The maximum Gasteiger partial charge on any atom is 0.148 e. The molecule has 1 aromatic carbocycles. The van der Waals surface area contributed by atoms with Crippen LogP contribution in [-0.4, -0.2) is 22.2 Å². The highest BCUT2D eigenvalue weighted by molar-refractivity contribution is 9.10. The number of aromatic nitrogens is 2. The highest BCUT2D eigenvalue weighted by atomic mass is 79.9. The Morgan fingerprint density at radius 3 is 3.10 bits per heavy atom. The molecule has 5 heteroatoms. The van der Waals surface area contributed by atoms with Crippen LogP contribution in [0.25, 0.3) is 0 Å². The maximum absolute atomic E-state index is 5.57. The van der Waals surface area contributed by atoms with Crippen LogP contribution in [-0.2, 0) is 13.1 Å². The summed E-state index contributed by atoms with van der Waals surface area (Å²) in [6.07, 6.45) is 10.8. The standard InChI is InChI=1S/C16H18BrN3O/c1-3-8-21-16-5-4-15(17)9-14(16)10-19-13(2)11-20-7-6-18-12-20/h1,4-7,9,12-13,19H,8,10-11H2,2H3. The number of halogens is 1. The third-order valence-corrected chi connectivity index (χ3v) is 3.51. The molecule has 1 N–H and O–H groups in total. The molecule has 0 radical (unpaired) electrons. The maximum atomic E-state index is 5.57. The van der Waals surface area contributed by atoms with Crippen molar-refractivity contribution < 1.29 is 4.74 Å². The molecule has 0 aliphatic carbocycles. The van der Waals surface area contributed by atoms with Gasteiger partial charge in [0.1, 0.15) is 12.4 Å². The molecule has 21 heavy (non-hydrogen) atoms. The normalized spacial score (nSPS) is 11.9. The Bertz CT molecular complexity index is 604. The monoisotopic (exact) mass is 347 g/mol. The predicted octanol–water partition coefficient (Wildman–Crippen LogP) is 2.84. The van der Waals surface area contributed by atoms with E-state index in [4.69, 9.17) is 11.2 Å². The van der Waals surface area contributed by atoms with Gasteiger partial charge in [-0.15, -0.1) is 6.42 Å². The average Bonchev–Trinajstić information content (AvgIpc) is 2.97. The molecule has 0 spiro atoms. The SMILES string of the molecule is C#CCOc1ccc(Br)cc1CNC(C)Cn1ccnc1. The van der Waals surface area contributed by atoms with Gasteiger partial charge in [-0.25, -0.2) is 4.98 Å². The third-order valence-electron chi connectivity index (χ3n) is 3.02. The lowest BCUT2D eigenvalue weighted by molar-refractivity contribution is 0.362. The summed E-state index contributed by atoms with van der Waals surface area (Å²) in [7, 11) is 0. The van der Waals surface area contributed by atoms with E-state index in [9.17, 15) is 0 Å². The Labute approximate surface area is 133 Å². The molecule has 0 bridgehead atoms. The number of rotatable bonds is 7. The van der Waals surface area contributed by atoms with Gasteiger partial charge in [0.25, 0.3) is 0 Å². The summed E-state index contributed by atoms with van der Waals surface area (Å²) in [6.45, 7) is 4.00. The van der Waals surface area contributed by atoms with Crippen LogP contribution in [0.4, 0.5) is 0 Å². The molecule has 2 rings (SSSR count). The lowest BCUT2D eigenvalue weighted by atomic mass is 10.2. The number of ether oxygens (including phenoxy) is 1. The van der Waals surface area contributed by atoms with Crippen molar-refractivity contribution in [3.8, 4) is 18.1 Å². The minimum atomic E-state index is 0.277. The van der Waals surface area contributed by atoms with Crippen LogP contribution in [0.15, 0.2) is 41.4 Å². The van der Waals surface area contributed by atoms with E-state index in [2.05, 4.69) is 39.1 Å². The van der Waals surface area contributed by atoms with E-state index in [-0.39, 0.29) is 6.61 Å². The van der Waals surface area contributed by atoms with Crippen LogP contribution in [0.2, 0.25) is 0 Å². The second-order valence-electron chi connectivity index (χ2n) is 4.79. The third kappa shape index (κ3) is 4.92. The van der Waals surface area contributed by atoms with Crippen molar-refractivity contribution in [2.75, 3.05) is 6.61 Å². The molecule has 4 nitrogen and oxygen atoms in total. The first kappa shape index (κ1) is 15.6. The molecule has 0 saturated heterocycles. The minimum Gasteiger partial charge on any atom is -0.481 e. The minimum absolute atomic E-state index is 0.277. The van der Waals surface area contributed by atoms with E-state index in [0.717, 1.165) is 28.9 Å². The van der Waals surface area contributed by atoms with Crippen molar-refractivity contribution in [1.82, 2.24) is 14.9 Å². The van der Waals surface area contributed by atoms with E-state index >= 15 is 0 Å². The number of imidazole rings is 1. The number of hydrogen-bond donors (Lipinski definition) is 1. The second-order valence-corrected chi connectivity index (χ2v) is 5.70. The topological polar surface area (TPSA) is 39.1 Å². The van der Waals surface area contributed by atoms with Crippen molar-refractivity contribution in [3.05, 3.63) is 47.0 Å². The summed E-state index contributed by atoms with van der Waals surface area (Å²) >= 11 is 3.48. The van der Waals surface area contributed by atoms with Gasteiger partial charge in [0.05, 0.1) is 6.33 Å². The highest BCUT2D eigenvalue weighted by Gasteiger charge is 2.07. The number of nitrogens with zero attached hydrogens (tertiary/aromatic N) is 2. The van der Waals surface area contributed by atoms with Crippen LogP contribution in [0.3, 0.4) is 0 Å². The molecule has 0 aliphatic heterocycles. The Morgan fingerprint density at radius 1 is 1.52 bits per heavy atom. The molecule has 0 saturated carbocycles. The second kappa shape index (κ2) is 7.87. The van der Waals surface area contributed by atoms with Gasteiger partial charge in [-0.2, -0.15) is 0 Å². The first-order valence-corrected chi connectivity index (χ1v) is 7.52. The quantitative estimate of drug-likeness (QED) is 0.782. The zero-order chi connectivity index (χ0) is 15.1. The van der Waals surface area contributed by atoms with Crippen LogP contribution < -0.4 is 10.1 Å². The fraction of sp³-hybridized carbons (Fsp3) is 0.312. The Morgan fingerprint density at radius 2 is 2.38 bits per heavy atom. The van der Waals surface area contributed by atoms with E-state index in [0.29, 0.717) is 6.04 Å². The molecular formula is C16H18BrN3O. The average molecular weight is 348 g/mol. The van der Waals surface area contributed by atoms with Gasteiger partial charge in [-0.1, -0.05) is 21.9 Å². The molecule has 0 aliphatic rings. The van der Waals surface area contributed by atoms with E-state index in [1.807, 2.05) is 35.3 Å². The van der Waals surface area contributed by atoms with Gasteiger partial charge in [-0.3, -0.25) is 0 Å². The lowest BCUT2D eigenvalue weighted by Gasteiger charge is -2.16. The van der Waals surface area contributed by atoms with Crippen molar-refractivity contribution in [3.63, 3.8) is 0 Å². The molecule has 1 heterocycles. The van der Waals surface area contributed by atoms with Crippen molar-refractivity contribution in [2.24, 2.45) is 0 Å². The smallest absolute Gasteiger partial charge is 0.148 e. The Balaban J connectivity index is 1.95. The van der Waals surface area contributed by atoms with Gasteiger partial charge in [0.15, 0.2) is 0 Å². The molecule has 2 aromatic rings. The van der Waals surface area contributed by atoms with Crippen LogP contribution in [0, 0.1) is 12.3 Å². The molecular weight excluding hydrogens is 330 g/mol. The van der Waals surface area contributed by atoms with E-state index < -0.39 is 0 Å². The van der Waals surface area contributed by atoms with Crippen LogP contribution in [0.1, 0.15) is 12.5 Å². The zero-order valence-corrected chi connectivity index (χ0v) is 13.5.